The lowest BCUT2D eigenvalue weighted by atomic mass is 10.1. The van der Waals surface area contributed by atoms with Crippen LogP contribution in [-0.2, 0) is 4.79 Å². The second kappa shape index (κ2) is 12.3. The van der Waals surface area contributed by atoms with E-state index in [2.05, 4.69) is 20.6 Å². The average molecular weight is 485 g/mol. The minimum Gasteiger partial charge on any atom is -0.494 e. The van der Waals surface area contributed by atoms with E-state index in [0.717, 1.165) is 6.21 Å². The molecular formula is C24H26F2N6O3. The van der Waals surface area contributed by atoms with Crippen molar-refractivity contribution >= 4 is 28.8 Å². The Morgan fingerprint density at radius 3 is 2.60 bits per heavy atom. The lowest BCUT2D eigenvalue weighted by Crippen LogP contribution is -2.40. The predicted molar refractivity (Wildman–Crippen MR) is 130 cm³/mol. The van der Waals surface area contributed by atoms with Crippen molar-refractivity contribution in [2.24, 2.45) is 5.73 Å². The number of nitrogens with two attached hydrogens (primary N) is 1. The Morgan fingerprint density at radius 2 is 1.91 bits per heavy atom. The van der Waals surface area contributed by atoms with Crippen molar-refractivity contribution in [1.82, 2.24) is 15.3 Å². The summed E-state index contributed by atoms with van der Waals surface area (Å²) in [6, 6.07) is 10.9. The van der Waals surface area contributed by atoms with Gasteiger partial charge in [-0.05, 0) is 37.3 Å². The summed E-state index contributed by atoms with van der Waals surface area (Å²) in [4.78, 5) is 21.1. The summed E-state index contributed by atoms with van der Waals surface area (Å²) < 4.78 is 36.3. The van der Waals surface area contributed by atoms with Gasteiger partial charge < -0.3 is 31.3 Å². The summed E-state index contributed by atoms with van der Waals surface area (Å²) in [7, 11) is 0. The van der Waals surface area contributed by atoms with E-state index in [9.17, 15) is 13.6 Å². The van der Waals surface area contributed by atoms with Gasteiger partial charge in [-0.2, -0.15) is 0 Å². The lowest BCUT2D eigenvalue weighted by Gasteiger charge is -2.14. The van der Waals surface area contributed by atoms with Gasteiger partial charge in [0.15, 0.2) is 12.4 Å². The summed E-state index contributed by atoms with van der Waals surface area (Å²) in [5, 5.41) is 13.4. The fraction of sp³-hybridized carbons (Fsp3) is 0.250. The quantitative estimate of drug-likeness (QED) is 0.290. The van der Waals surface area contributed by atoms with E-state index in [1.807, 2.05) is 6.92 Å². The number of carbonyl (C=O) groups is 1. The monoisotopic (exact) mass is 484 g/mol. The van der Waals surface area contributed by atoms with E-state index in [1.165, 1.54) is 6.20 Å². The molecule has 5 N–H and O–H groups in total. The Kier molecular flexibility index (Phi) is 8.88. The number of ether oxygens (including phenoxy) is 2. The van der Waals surface area contributed by atoms with Crippen LogP contribution in [0.3, 0.4) is 0 Å². The van der Waals surface area contributed by atoms with Crippen LogP contribution in [0.2, 0.25) is 0 Å². The molecule has 0 saturated carbocycles. The molecular weight excluding hydrogens is 458 g/mol. The molecule has 0 unspecified atom stereocenters. The lowest BCUT2D eigenvalue weighted by molar-refractivity contribution is -0.124. The van der Waals surface area contributed by atoms with Crippen molar-refractivity contribution in [2.75, 3.05) is 31.9 Å². The molecule has 0 spiro atoms. The number of alkyl halides is 2. The Balaban J connectivity index is 1.91. The molecule has 0 saturated heterocycles. The van der Waals surface area contributed by atoms with Crippen LogP contribution >= 0.6 is 0 Å². The zero-order valence-electron chi connectivity index (χ0n) is 19.1. The Morgan fingerprint density at radius 1 is 1.14 bits per heavy atom. The molecule has 0 aliphatic rings. The number of anilines is 1. The maximum absolute atomic E-state index is 12.6. The SMILES string of the molecule is CCOc1ccc2nc(-c3cccc(OCC(=O)NC(CF)CF)c3)nc(N/C(C=N)=C/N)c2c1. The van der Waals surface area contributed by atoms with Crippen molar-refractivity contribution in [3.63, 3.8) is 0 Å². The number of benzene rings is 2. The third-order valence-electron chi connectivity index (χ3n) is 4.78. The van der Waals surface area contributed by atoms with Crippen LogP contribution < -0.4 is 25.8 Å². The predicted octanol–water partition coefficient (Wildman–Crippen LogP) is 3.36. The molecule has 0 bridgehead atoms. The van der Waals surface area contributed by atoms with Crippen molar-refractivity contribution in [2.45, 2.75) is 13.0 Å². The minimum atomic E-state index is -1.19. The number of nitrogens with one attached hydrogen (secondary N) is 3. The van der Waals surface area contributed by atoms with Gasteiger partial charge in [-0.1, -0.05) is 12.1 Å². The van der Waals surface area contributed by atoms with Crippen LogP contribution in [0.25, 0.3) is 22.3 Å². The van der Waals surface area contributed by atoms with Gasteiger partial charge in [-0.3, -0.25) is 4.79 Å². The first-order valence-corrected chi connectivity index (χ1v) is 10.8. The summed E-state index contributed by atoms with van der Waals surface area (Å²) in [6.45, 7) is -0.0341. The van der Waals surface area contributed by atoms with Gasteiger partial charge >= 0.3 is 0 Å². The van der Waals surface area contributed by atoms with Crippen LogP contribution in [0.1, 0.15) is 6.92 Å². The van der Waals surface area contributed by atoms with Gasteiger partial charge in [0.2, 0.25) is 0 Å². The van der Waals surface area contributed by atoms with Crippen molar-refractivity contribution in [3.8, 4) is 22.9 Å². The highest BCUT2D eigenvalue weighted by Crippen LogP contribution is 2.30. The van der Waals surface area contributed by atoms with Crippen LogP contribution in [0.15, 0.2) is 54.4 Å². The Hall–Kier alpha value is -4.28. The molecule has 0 fully saturated rings. The topological polar surface area (TPSA) is 135 Å². The van der Waals surface area contributed by atoms with E-state index in [-0.39, 0.29) is 0 Å². The number of amides is 1. The molecule has 0 atom stereocenters. The van der Waals surface area contributed by atoms with Gasteiger partial charge in [0, 0.05) is 23.4 Å². The molecule has 1 amide bonds. The molecule has 35 heavy (non-hydrogen) atoms. The number of allylic oxidation sites excluding steroid dienone is 1. The maximum Gasteiger partial charge on any atom is 0.258 e. The summed E-state index contributed by atoms with van der Waals surface area (Å²) >= 11 is 0. The second-order valence-corrected chi connectivity index (χ2v) is 7.29. The largest absolute Gasteiger partial charge is 0.494 e. The second-order valence-electron chi connectivity index (χ2n) is 7.29. The van der Waals surface area contributed by atoms with Crippen molar-refractivity contribution in [1.29, 1.82) is 5.41 Å². The van der Waals surface area contributed by atoms with Gasteiger partial charge in [0.05, 0.1) is 23.9 Å². The number of hydrogen-bond acceptors (Lipinski definition) is 8. The third-order valence-corrected chi connectivity index (χ3v) is 4.78. The first kappa shape index (κ1) is 25.3. The maximum atomic E-state index is 12.6. The molecule has 2 aromatic carbocycles. The normalized spacial score (nSPS) is 11.4. The van der Waals surface area contributed by atoms with Crippen LogP contribution in [0.5, 0.6) is 11.5 Å². The zero-order chi connectivity index (χ0) is 25.2. The molecule has 0 radical (unpaired) electrons. The molecule has 0 aliphatic heterocycles. The van der Waals surface area contributed by atoms with Gasteiger partial charge in [0.25, 0.3) is 5.91 Å². The fourth-order valence-corrected chi connectivity index (χ4v) is 3.11. The van der Waals surface area contributed by atoms with E-state index in [0.29, 0.717) is 51.9 Å². The molecule has 0 aliphatic carbocycles. The highest BCUT2D eigenvalue weighted by atomic mass is 19.1. The smallest absolute Gasteiger partial charge is 0.258 e. The van der Waals surface area contributed by atoms with Gasteiger partial charge in [-0.25, -0.2) is 18.7 Å². The first-order valence-electron chi connectivity index (χ1n) is 10.8. The first-order chi connectivity index (χ1) is 17.0. The molecule has 1 aromatic heterocycles. The number of nitrogens with zero attached hydrogens (tertiary/aromatic N) is 2. The highest BCUT2D eigenvalue weighted by molar-refractivity contribution is 5.94. The average Bonchev–Trinajstić information content (AvgIpc) is 2.89. The van der Waals surface area contributed by atoms with E-state index in [1.54, 1.807) is 42.5 Å². The van der Waals surface area contributed by atoms with E-state index in [4.69, 9.17) is 20.6 Å². The Labute approximate surface area is 200 Å². The van der Waals surface area contributed by atoms with Crippen LogP contribution in [0.4, 0.5) is 14.6 Å². The molecule has 3 aromatic rings. The number of aromatic nitrogens is 2. The van der Waals surface area contributed by atoms with E-state index >= 15 is 0 Å². The van der Waals surface area contributed by atoms with Gasteiger partial charge in [0.1, 0.15) is 30.7 Å². The van der Waals surface area contributed by atoms with Crippen molar-refractivity contribution in [3.05, 3.63) is 54.4 Å². The number of rotatable bonds is 12. The number of carbonyl (C=O) groups excluding carboxylic acids is 1. The number of fused-ring (bicyclic) bond motifs is 1. The summed E-state index contributed by atoms with van der Waals surface area (Å²) in [6.07, 6.45) is 2.32. The van der Waals surface area contributed by atoms with E-state index < -0.39 is 31.9 Å². The number of halogens is 2. The molecule has 184 valence electrons. The van der Waals surface area contributed by atoms with Crippen LogP contribution in [-0.4, -0.2) is 54.7 Å². The minimum absolute atomic E-state index is 0.334. The van der Waals surface area contributed by atoms with Crippen molar-refractivity contribution < 1.29 is 23.0 Å². The number of hydrogen-bond donors (Lipinski definition) is 4. The molecule has 1 heterocycles. The van der Waals surface area contributed by atoms with Crippen LogP contribution in [0, 0.1) is 5.41 Å². The van der Waals surface area contributed by atoms with Gasteiger partial charge in [-0.15, -0.1) is 0 Å². The molecule has 3 rings (SSSR count). The molecule has 11 heteroatoms. The molecule has 9 nitrogen and oxygen atoms in total. The third kappa shape index (κ3) is 6.62. The summed E-state index contributed by atoms with van der Waals surface area (Å²) in [5.74, 6) is 1.13. The zero-order valence-corrected chi connectivity index (χ0v) is 19.1. The standard InChI is InChI=1S/C24H26F2N6O3/c1-2-34-19-6-7-21-20(9-19)24(30-17(12-27)13-28)32-23(31-21)15-4-3-5-18(8-15)35-14-22(33)29-16(10-25)11-26/h3-9,12-13,16,27H,2,10-11,14,28H2,1H3,(H,29,33)(H,30,31,32)/b17-13+,27-12?. The highest BCUT2D eigenvalue weighted by Gasteiger charge is 2.14. The summed E-state index contributed by atoms with van der Waals surface area (Å²) in [5.41, 5.74) is 7.15. The Bertz CT molecular complexity index is 1220. The fourth-order valence-electron chi connectivity index (χ4n) is 3.11.